The monoisotopic (exact) mass is 233 g/mol. The van der Waals surface area contributed by atoms with Crippen LogP contribution >= 0.6 is 0 Å². The van der Waals surface area contributed by atoms with Gasteiger partial charge in [-0.15, -0.1) is 0 Å². The summed E-state index contributed by atoms with van der Waals surface area (Å²) in [6, 6.07) is 5.53. The third kappa shape index (κ3) is 2.96. The minimum Gasteiger partial charge on any atom is -0.449 e. The van der Waals surface area contributed by atoms with Crippen molar-refractivity contribution in [3.05, 3.63) is 24.4 Å². The van der Waals surface area contributed by atoms with Gasteiger partial charge < -0.3 is 4.74 Å². The highest BCUT2D eigenvalue weighted by Gasteiger charge is 2.03. The molecule has 0 aliphatic carbocycles. The number of nitrogens with one attached hydrogen (secondary N) is 2. The average Bonchev–Trinajstić information content (AvgIpc) is 2.76. The first-order chi connectivity index (χ1) is 8.29. The number of rotatable bonds is 4. The van der Waals surface area contributed by atoms with Crippen LogP contribution in [-0.2, 0) is 4.74 Å². The fraction of sp³-hybridized carbons (Fsp3) is 0.333. The maximum atomic E-state index is 11.4. The Labute approximate surface area is 99.2 Å². The smallest absolute Gasteiger partial charge is 0.411 e. The zero-order valence-corrected chi connectivity index (χ0v) is 9.69. The third-order valence-electron chi connectivity index (χ3n) is 2.42. The Morgan fingerprint density at radius 2 is 2.41 bits per heavy atom. The van der Waals surface area contributed by atoms with E-state index in [-0.39, 0.29) is 0 Å². The van der Waals surface area contributed by atoms with Gasteiger partial charge in [-0.2, -0.15) is 5.10 Å². The van der Waals surface area contributed by atoms with Crippen molar-refractivity contribution >= 4 is 22.7 Å². The molecule has 0 saturated heterocycles. The Morgan fingerprint density at radius 1 is 1.53 bits per heavy atom. The van der Waals surface area contributed by atoms with Crippen molar-refractivity contribution in [3.8, 4) is 0 Å². The van der Waals surface area contributed by atoms with E-state index in [0.29, 0.717) is 12.3 Å². The van der Waals surface area contributed by atoms with E-state index >= 15 is 0 Å². The Hall–Kier alpha value is -2.04. The first-order valence-corrected chi connectivity index (χ1v) is 5.66. The number of fused-ring (bicyclic) bond motifs is 1. The second-order valence-corrected chi connectivity index (χ2v) is 3.79. The van der Waals surface area contributed by atoms with Gasteiger partial charge in [0.05, 0.1) is 18.3 Å². The SMILES string of the molecule is CCCCOC(=O)Nc1ccc2cn[nH]c2c1. The second-order valence-electron chi connectivity index (χ2n) is 3.79. The number of carbonyl (C=O) groups is 1. The molecule has 0 radical (unpaired) electrons. The summed E-state index contributed by atoms with van der Waals surface area (Å²) in [6.45, 7) is 2.50. The van der Waals surface area contributed by atoms with Gasteiger partial charge in [-0.05, 0) is 24.6 Å². The van der Waals surface area contributed by atoms with Crippen LogP contribution in [-0.4, -0.2) is 22.9 Å². The number of anilines is 1. The fourth-order valence-electron chi connectivity index (χ4n) is 1.48. The zero-order chi connectivity index (χ0) is 12.1. The first-order valence-electron chi connectivity index (χ1n) is 5.66. The van der Waals surface area contributed by atoms with Crippen LogP contribution in [0.1, 0.15) is 19.8 Å². The number of nitrogens with zero attached hydrogens (tertiary/aromatic N) is 1. The molecule has 0 saturated carbocycles. The van der Waals surface area contributed by atoms with E-state index in [4.69, 9.17) is 4.74 Å². The number of unbranched alkanes of at least 4 members (excludes halogenated alkanes) is 1. The molecule has 2 aromatic rings. The molecule has 0 unspecified atom stereocenters. The van der Waals surface area contributed by atoms with E-state index in [0.717, 1.165) is 23.7 Å². The van der Waals surface area contributed by atoms with E-state index < -0.39 is 6.09 Å². The van der Waals surface area contributed by atoms with Crippen LogP contribution in [0, 0.1) is 0 Å². The van der Waals surface area contributed by atoms with Crippen molar-refractivity contribution in [2.45, 2.75) is 19.8 Å². The predicted molar refractivity (Wildman–Crippen MR) is 66.0 cm³/mol. The Morgan fingerprint density at radius 3 is 3.24 bits per heavy atom. The topological polar surface area (TPSA) is 67.0 Å². The highest BCUT2D eigenvalue weighted by atomic mass is 16.5. The molecule has 5 nitrogen and oxygen atoms in total. The highest BCUT2D eigenvalue weighted by molar-refractivity contribution is 5.89. The maximum Gasteiger partial charge on any atom is 0.411 e. The highest BCUT2D eigenvalue weighted by Crippen LogP contribution is 2.16. The van der Waals surface area contributed by atoms with Crippen LogP contribution in [0.5, 0.6) is 0 Å². The molecule has 1 amide bonds. The van der Waals surface area contributed by atoms with Gasteiger partial charge in [0.2, 0.25) is 0 Å². The van der Waals surface area contributed by atoms with Crippen molar-refractivity contribution in [1.82, 2.24) is 10.2 Å². The lowest BCUT2D eigenvalue weighted by Gasteiger charge is -2.06. The summed E-state index contributed by atoms with van der Waals surface area (Å²) in [7, 11) is 0. The minimum atomic E-state index is -0.419. The molecule has 1 heterocycles. The normalized spacial score (nSPS) is 10.4. The van der Waals surface area contributed by atoms with Crippen molar-refractivity contribution in [2.24, 2.45) is 0 Å². The zero-order valence-electron chi connectivity index (χ0n) is 9.69. The quantitative estimate of drug-likeness (QED) is 0.798. The molecule has 0 aliphatic rings. The minimum absolute atomic E-state index is 0.419. The van der Waals surface area contributed by atoms with Gasteiger partial charge in [0, 0.05) is 11.1 Å². The summed E-state index contributed by atoms with van der Waals surface area (Å²) in [4.78, 5) is 11.4. The van der Waals surface area contributed by atoms with E-state index in [9.17, 15) is 4.79 Å². The molecule has 1 aromatic carbocycles. The fourth-order valence-corrected chi connectivity index (χ4v) is 1.48. The number of benzene rings is 1. The van der Waals surface area contributed by atoms with Crippen molar-refractivity contribution in [2.75, 3.05) is 11.9 Å². The average molecular weight is 233 g/mol. The van der Waals surface area contributed by atoms with E-state index in [1.54, 1.807) is 6.20 Å². The molecule has 0 atom stereocenters. The summed E-state index contributed by atoms with van der Waals surface area (Å²) in [6.07, 6.45) is 3.20. The molecule has 2 rings (SSSR count). The number of carbonyl (C=O) groups excluding carboxylic acids is 1. The number of hydrogen-bond acceptors (Lipinski definition) is 3. The number of hydrogen-bond donors (Lipinski definition) is 2. The summed E-state index contributed by atoms with van der Waals surface area (Å²) < 4.78 is 5.00. The van der Waals surface area contributed by atoms with Crippen LogP contribution in [0.2, 0.25) is 0 Å². The van der Waals surface area contributed by atoms with E-state index in [1.807, 2.05) is 25.1 Å². The van der Waals surface area contributed by atoms with Crippen LogP contribution in [0.3, 0.4) is 0 Å². The van der Waals surface area contributed by atoms with Crippen molar-refractivity contribution in [1.29, 1.82) is 0 Å². The van der Waals surface area contributed by atoms with Gasteiger partial charge in [0.1, 0.15) is 0 Å². The lowest BCUT2D eigenvalue weighted by molar-refractivity contribution is 0.160. The molecule has 0 bridgehead atoms. The van der Waals surface area contributed by atoms with Crippen LogP contribution in [0.4, 0.5) is 10.5 Å². The summed E-state index contributed by atoms with van der Waals surface area (Å²) >= 11 is 0. The van der Waals surface area contributed by atoms with Crippen molar-refractivity contribution < 1.29 is 9.53 Å². The summed E-state index contributed by atoms with van der Waals surface area (Å²) in [5, 5.41) is 10.4. The van der Waals surface area contributed by atoms with Crippen molar-refractivity contribution in [3.63, 3.8) is 0 Å². The van der Waals surface area contributed by atoms with Gasteiger partial charge in [-0.3, -0.25) is 10.4 Å². The number of H-pyrrole nitrogens is 1. The Bertz CT molecular complexity index is 507. The lowest BCUT2D eigenvalue weighted by atomic mass is 10.2. The molecule has 2 N–H and O–H groups in total. The van der Waals surface area contributed by atoms with Gasteiger partial charge in [-0.1, -0.05) is 13.3 Å². The van der Waals surface area contributed by atoms with Gasteiger partial charge in [-0.25, -0.2) is 4.79 Å². The molecule has 1 aromatic heterocycles. The first kappa shape index (κ1) is 11.4. The van der Waals surface area contributed by atoms with Gasteiger partial charge in [0.25, 0.3) is 0 Å². The van der Waals surface area contributed by atoms with Gasteiger partial charge >= 0.3 is 6.09 Å². The molecule has 90 valence electrons. The number of aromatic amines is 1. The molecule has 0 fully saturated rings. The number of ether oxygens (including phenoxy) is 1. The Balaban J connectivity index is 1.95. The third-order valence-corrected chi connectivity index (χ3v) is 2.42. The van der Waals surface area contributed by atoms with Crippen LogP contribution in [0.25, 0.3) is 10.9 Å². The molecular weight excluding hydrogens is 218 g/mol. The maximum absolute atomic E-state index is 11.4. The Kier molecular flexibility index (Phi) is 3.59. The second kappa shape index (κ2) is 5.34. The lowest BCUT2D eigenvalue weighted by Crippen LogP contribution is -2.14. The van der Waals surface area contributed by atoms with E-state index in [2.05, 4.69) is 15.5 Å². The van der Waals surface area contributed by atoms with Gasteiger partial charge in [0.15, 0.2) is 0 Å². The molecule has 17 heavy (non-hydrogen) atoms. The molecule has 5 heteroatoms. The standard InChI is InChI=1S/C12H15N3O2/c1-2-3-6-17-12(16)14-10-5-4-9-8-13-15-11(9)7-10/h4-5,7-8H,2-3,6H2,1H3,(H,13,15)(H,14,16). The van der Waals surface area contributed by atoms with Crippen LogP contribution < -0.4 is 5.32 Å². The number of amides is 1. The van der Waals surface area contributed by atoms with Crippen LogP contribution in [0.15, 0.2) is 24.4 Å². The molecule has 0 aliphatic heterocycles. The molecule has 0 spiro atoms. The predicted octanol–water partition coefficient (Wildman–Crippen LogP) is 2.91. The summed E-state index contributed by atoms with van der Waals surface area (Å²) in [5.74, 6) is 0. The summed E-state index contributed by atoms with van der Waals surface area (Å²) in [5.41, 5.74) is 1.58. The van der Waals surface area contributed by atoms with E-state index in [1.165, 1.54) is 0 Å². The molecular formula is C12H15N3O2. The number of aromatic nitrogens is 2. The largest absolute Gasteiger partial charge is 0.449 e.